The third-order valence-electron chi connectivity index (χ3n) is 5.69. The average Bonchev–Trinajstić information content (AvgIpc) is 2.82. The maximum absolute atomic E-state index is 12.8. The minimum Gasteiger partial charge on any atom is -0.492 e. The second kappa shape index (κ2) is 12.4. The lowest BCUT2D eigenvalue weighted by Crippen LogP contribution is -2.49. The van der Waals surface area contributed by atoms with Gasteiger partial charge in [-0.05, 0) is 42.7 Å². The van der Waals surface area contributed by atoms with Gasteiger partial charge in [0.1, 0.15) is 18.4 Å². The molecular formula is C26H35N3O4. The van der Waals surface area contributed by atoms with Crippen molar-refractivity contribution in [2.24, 2.45) is 5.92 Å². The Hall–Kier alpha value is -2.90. The monoisotopic (exact) mass is 453 g/mol. The van der Waals surface area contributed by atoms with Crippen molar-refractivity contribution >= 4 is 11.8 Å². The van der Waals surface area contributed by atoms with Crippen molar-refractivity contribution in [3.05, 3.63) is 65.2 Å². The number of nitrogens with one attached hydrogen (secondary N) is 2. The lowest BCUT2D eigenvalue weighted by Gasteiger charge is -2.26. The Balaban J connectivity index is 1.49. The Morgan fingerprint density at radius 1 is 1.09 bits per heavy atom. The molecule has 0 bridgehead atoms. The third-order valence-corrected chi connectivity index (χ3v) is 5.69. The smallest absolute Gasteiger partial charge is 0.251 e. The summed E-state index contributed by atoms with van der Waals surface area (Å²) in [7, 11) is 0. The molecule has 0 aliphatic carbocycles. The normalized spacial score (nSPS) is 15.2. The Labute approximate surface area is 196 Å². The highest BCUT2D eigenvalue weighted by molar-refractivity contribution is 5.97. The summed E-state index contributed by atoms with van der Waals surface area (Å²) in [6.45, 7) is 11.1. The van der Waals surface area contributed by atoms with Gasteiger partial charge in [-0.3, -0.25) is 14.5 Å². The van der Waals surface area contributed by atoms with Crippen LogP contribution in [0, 0.1) is 12.8 Å². The Morgan fingerprint density at radius 2 is 1.82 bits per heavy atom. The molecule has 1 atom stereocenters. The number of amides is 2. The van der Waals surface area contributed by atoms with Crippen LogP contribution in [0.1, 0.15) is 35.3 Å². The molecule has 2 amide bonds. The molecule has 1 unspecified atom stereocenters. The van der Waals surface area contributed by atoms with Crippen LogP contribution in [0.2, 0.25) is 0 Å². The molecule has 1 aliphatic heterocycles. The highest BCUT2D eigenvalue weighted by Gasteiger charge is 2.24. The van der Waals surface area contributed by atoms with Crippen molar-refractivity contribution in [3.63, 3.8) is 0 Å². The molecule has 7 nitrogen and oxygen atoms in total. The van der Waals surface area contributed by atoms with E-state index in [2.05, 4.69) is 15.5 Å². The molecule has 1 aliphatic rings. The number of hydrogen-bond donors (Lipinski definition) is 2. The quantitative estimate of drug-likeness (QED) is 0.578. The first-order chi connectivity index (χ1) is 15.9. The summed E-state index contributed by atoms with van der Waals surface area (Å²) in [6, 6.07) is 14.4. The van der Waals surface area contributed by atoms with Crippen LogP contribution >= 0.6 is 0 Å². The average molecular weight is 454 g/mol. The SMILES string of the molecule is Cc1ccc(C(=O)NC(C(=O)NCc2cccc(OCCN3CCOCC3)c2)C(C)C)cc1. The molecule has 7 heteroatoms. The predicted octanol–water partition coefficient (Wildman–Crippen LogP) is 2.78. The van der Waals surface area contributed by atoms with E-state index in [-0.39, 0.29) is 17.7 Å². The van der Waals surface area contributed by atoms with Crippen LogP contribution in [0.25, 0.3) is 0 Å². The van der Waals surface area contributed by atoms with Gasteiger partial charge in [-0.25, -0.2) is 0 Å². The summed E-state index contributed by atoms with van der Waals surface area (Å²) in [5.41, 5.74) is 2.57. The highest BCUT2D eigenvalue weighted by atomic mass is 16.5. The molecule has 0 radical (unpaired) electrons. The number of hydrogen-bond acceptors (Lipinski definition) is 5. The fourth-order valence-corrected chi connectivity index (χ4v) is 3.63. The number of morpholine rings is 1. The molecule has 0 spiro atoms. The molecule has 1 heterocycles. The van der Waals surface area contributed by atoms with Crippen LogP contribution in [-0.4, -0.2) is 62.2 Å². The van der Waals surface area contributed by atoms with E-state index in [1.165, 1.54) is 0 Å². The zero-order valence-corrected chi connectivity index (χ0v) is 19.8. The zero-order chi connectivity index (χ0) is 23.6. The second-order valence-electron chi connectivity index (χ2n) is 8.73. The third kappa shape index (κ3) is 7.87. The summed E-state index contributed by atoms with van der Waals surface area (Å²) in [6.07, 6.45) is 0. The van der Waals surface area contributed by atoms with Gasteiger partial charge in [-0.2, -0.15) is 0 Å². The van der Waals surface area contributed by atoms with E-state index >= 15 is 0 Å². The van der Waals surface area contributed by atoms with E-state index in [9.17, 15) is 9.59 Å². The lowest BCUT2D eigenvalue weighted by atomic mass is 10.0. The molecule has 2 aromatic carbocycles. The van der Waals surface area contributed by atoms with E-state index in [4.69, 9.17) is 9.47 Å². The van der Waals surface area contributed by atoms with E-state index in [0.29, 0.717) is 18.7 Å². The largest absolute Gasteiger partial charge is 0.492 e. The first-order valence-corrected chi connectivity index (χ1v) is 11.6. The number of nitrogens with zero attached hydrogens (tertiary/aromatic N) is 1. The standard InChI is InChI=1S/C26H35N3O4/c1-19(2)24(28-25(30)22-9-7-20(3)8-10-22)26(31)27-18-21-5-4-6-23(17-21)33-16-13-29-11-14-32-15-12-29/h4-10,17,19,24H,11-16,18H2,1-3H3,(H,27,31)(H,28,30). The molecular weight excluding hydrogens is 418 g/mol. The topological polar surface area (TPSA) is 79.9 Å². The van der Waals surface area contributed by atoms with Crippen LogP contribution in [-0.2, 0) is 16.1 Å². The van der Waals surface area contributed by atoms with Crippen molar-refractivity contribution < 1.29 is 19.1 Å². The highest BCUT2D eigenvalue weighted by Crippen LogP contribution is 2.14. The predicted molar refractivity (Wildman–Crippen MR) is 128 cm³/mol. The minimum absolute atomic E-state index is 0.0470. The van der Waals surface area contributed by atoms with Crippen LogP contribution in [0.4, 0.5) is 0 Å². The molecule has 178 valence electrons. The van der Waals surface area contributed by atoms with Crippen molar-refractivity contribution in [1.82, 2.24) is 15.5 Å². The summed E-state index contributed by atoms with van der Waals surface area (Å²) in [5, 5.41) is 5.82. The molecule has 1 saturated heterocycles. The van der Waals surface area contributed by atoms with E-state index in [1.54, 1.807) is 12.1 Å². The molecule has 3 rings (SSSR count). The summed E-state index contributed by atoms with van der Waals surface area (Å²) >= 11 is 0. The first-order valence-electron chi connectivity index (χ1n) is 11.6. The zero-order valence-electron chi connectivity index (χ0n) is 19.8. The van der Waals surface area contributed by atoms with E-state index in [1.807, 2.05) is 57.2 Å². The van der Waals surface area contributed by atoms with Crippen LogP contribution in [0.5, 0.6) is 5.75 Å². The number of ether oxygens (including phenoxy) is 2. The van der Waals surface area contributed by atoms with Gasteiger partial charge in [-0.1, -0.05) is 43.7 Å². The Morgan fingerprint density at radius 3 is 2.52 bits per heavy atom. The molecule has 0 aromatic heterocycles. The number of aryl methyl sites for hydroxylation is 1. The Bertz CT molecular complexity index is 908. The summed E-state index contributed by atoms with van der Waals surface area (Å²) < 4.78 is 11.3. The van der Waals surface area contributed by atoms with Gasteiger partial charge >= 0.3 is 0 Å². The fraction of sp³-hybridized carbons (Fsp3) is 0.462. The van der Waals surface area contributed by atoms with Gasteiger partial charge < -0.3 is 20.1 Å². The van der Waals surface area contributed by atoms with Crippen molar-refractivity contribution in [2.75, 3.05) is 39.5 Å². The maximum atomic E-state index is 12.8. The number of rotatable bonds is 10. The maximum Gasteiger partial charge on any atom is 0.251 e. The van der Waals surface area contributed by atoms with Gasteiger partial charge in [-0.15, -0.1) is 0 Å². The number of carbonyl (C=O) groups excluding carboxylic acids is 2. The Kier molecular flexibility index (Phi) is 9.27. The summed E-state index contributed by atoms with van der Waals surface area (Å²) in [4.78, 5) is 27.8. The van der Waals surface area contributed by atoms with Gasteiger partial charge in [0.05, 0.1) is 13.2 Å². The molecule has 2 aromatic rings. The number of benzene rings is 2. The first kappa shape index (κ1) is 24.7. The van der Waals surface area contributed by atoms with Gasteiger partial charge in [0.25, 0.3) is 5.91 Å². The van der Waals surface area contributed by atoms with E-state index in [0.717, 1.165) is 49.7 Å². The van der Waals surface area contributed by atoms with Crippen molar-refractivity contribution in [3.8, 4) is 5.75 Å². The van der Waals surface area contributed by atoms with Crippen LogP contribution < -0.4 is 15.4 Å². The van der Waals surface area contributed by atoms with Gasteiger partial charge in [0.15, 0.2) is 0 Å². The molecule has 0 saturated carbocycles. The van der Waals surface area contributed by atoms with Crippen molar-refractivity contribution in [1.29, 1.82) is 0 Å². The van der Waals surface area contributed by atoms with Crippen LogP contribution in [0.3, 0.4) is 0 Å². The van der Waals surface area contributed by atoms with Gasteiger partial charge in [0, 0.05) is 31.7 Å². The molecule has 1 fully saturated rings. The van der Waals surface area contributed by atoms with Crippen LogP contribution in [0.15, 0.2) is 48.5 Å². The van der Waals surface area contributed by atoms with Gasteiger partial charge in [0.2, 0.25) is 5.91 Å². The molecule has 2 N–H and O–H groups in total. The second-order valence-corrected chi connectivity index (χ2v) is 8.73. The number of carbonyl (C=O) groups is 2. The minimum atomic E-state index is -0.619. The van der Waals surface area contributed by atoms with E-state index < -0.39 is 6.04 Å². The molecule has 33 heavy (non-hydrogen) atoms. The lowest BCUT2D eigenvalue weighted by molar-refractivity contribution is -0.124. The summed E-state index contributed by atoms with van der Waals surface area (Å²) in [5.74, 6) is 0.279. The fourth-order valence-electron chi connectivity index (χ4n) is 3.63. The van der Waals surface area contributed by atoms with Crippen molar-refractivity contribution in [2.45, 2.75) is 33.4 Å².